The van der Waals surface area contributed by atoms with Crippen molar-refractivity contribution in [1.29, 1.82) is 0 Å². The molecule has 1 amide bonds. The number of carbonyl (C=O) groups is 2. The van der Waals surface area contributed by atoms with Crippen LogP contribution in [0.4, 0.5) is 17.1 Å². The number of ether oxygens (including phenoxy) is 1. The molecule has 220 valence electrons. The van der Waals surface area contributed by atoms with E-state index < -0.39 is 5.60 Å². The lowest BCUT2D eigenvalue weighted by Gasteiger charge is -2.39. The van der Waals surface area contributed by atoms with Gasteiger partial charge in [0, 0.05) is 61.2 Å². The summed E-state index contributed by atoms with van der Waals surface area (Å²) in [7, 11) is 0. The van der Waals surface area contributed by atoms with E-state index in [2.05, 4.69) is 59.3 Å². The number of fused-ring (bicyclic) bond motifs is 1. The highest BCUT2D eigenvalue weighted by Crippen LogP contribution is 2.51. The summed E-state index contributed by atoms with van der Waals surface area (Å²) in [6.45, 7) is 10.1. The molecule has 0 saturated heterocycles. The Labute approximate surface area is 250 Å². The summed E-state index contributed by atoms with van der Waals surface area (Å²) in [4.78, 5) is 31.2. The van der Waals surface area contributed by atoms with Crippen molar-refractivity contribution in [3.63, 3.8) is 0 Å². The summed E-state index contributed by atoms with van der Waals surface area (Å²) in [6, 6.07) is 18.6. The summed E-state index contributed by atoms with van der Waals surface area (Å²) < 4.78 is 6.56. The summed E-state index contributed by atoms with van der Waals surface area (Å²) in [5.41, 5.74) is 7.81. The van der Waals surface area contributed by atoms with Crippen LogP contribution >= 0.6 is 0 Å². The molecule has 1 unspecified atom stereocenters. The molecule has 0 aromatic heterocycles. The number of rotatable bonds is 10. The van der Waals surface area contributed by atoms with Crippen molar-refractivity contribution in [2.24, 2.45) is 0 Å². The van der Waals surface area contributed by atoms with Crippen molar-refractivity contribution in [3.8, 4) is 0 Å². The number of hydrogen-bond donors (Lipinski definition) is 1. The number of aryl methyl sites for hydroxylation is 2. The topological polar surface area (TPSA) is 61.9 Å². The number of anilines is 3. The molecule has 0 bridgehead atoms. The second-order valence-electron chi connectivity index (χ2n) is 12.1. The molecule has 0 saturated carbocycles. The minimum atomic E-state index is -1.16. The first-order valence-electron chi connectivity index (χ1n) is 15.9. The van der Waals surface area contributed by atoms with E-state index in [1.807, 2.05) is 24.3 Å². The molecule has 3 aromatic carbocycles. The van der Waals surface area contributed by atoms with Gasteiger partial charge in [-0.05, 0) is 80.0 Å². The molecular formula is C36H43N3O3. The third-order valence-corrected chi connectivity index (χ3v) is 9.13. The highest BCUT2D eigenvalue weighted by Gasteiger charge is 2.50. The maximum atomic E-state index is 13.6. The highest BCUT2D eigenvalue weighted by molar-refractivity contribution is 5.98. The number of nitrogens with one attached hydrogen (secondary N) is 1. The van der Waals surface area contributed by atoms with Crippen molar-refractivity contribution >= 4 is 28.9 Å². The number of hydrogen-bond acceptors (Lipinski definition) is 5. The lowest BCUT2D eigenvalue weighted by atomic mass is 9.76. The Morgan fingerprint density at radius 3 is 2.24 bits per heavy atom. The molecule has 0 radical (unpaired) electrons. The monoisotopic (exact) mass is 565 g/mol. The van der Waals surface area contributed by atoms with Gasteiger partial charge in [0.2, 0.25) is 5.91 Å². The number of carbonyl (C=O) groups excluding carboxylic acids is 2. The summed E-state index contributed by atoms with van der Waals surface area (Å²) >= 11 is 0. The van der Waals surface area contributed by atoms with Gasteiger partial charge in [0.1, 0.15) is 0 Å². The molecule has 0 fully saturated rings. The average Bonchev–Trinajstić information content (AvgIpc) is 3.30. The van der Waals surface area contributed by atoms with Crippen LogP contribution in [-0.2, 0) is 28.0 Å². The molecule has 0 aliphatic carbocycles. The Morgan fingerprint density at radius 2 is 1.60 bits per heavy atom. The number of benzene rings is 3. The average molecular weight is 566 g/mol. The Bertz CT molecular complexity index is 1460. The first kappa shape index (κ1) is 28.3. The number of esters is 1. The van der Waals surface area contributed by atoms with Gasteiger partial charge in [0.05, 0.1) is 11.3 Å². The third-order valence-electron chi connectivity index (χ3n) is 9.13. The zero-order valence-electron chi connectivity index (χ0n) is 25.3. The second kappa shape index (κ2) is 11.8. The predicted molar refractivity (Wildman–Crippen MR) is 170 cm³/mol. The van der Waals surface area contributed by atoms with Crippen molar-refractivity contribution in [3.05, 3.63) is 88.0 Å². The van der Waals surface area contributed by atoms with Gasteiger partial charge in [0.15, 0.2) is 5.60 Å². The highest BCUT2D eigenvalue weighted by atomic mass is 16.6. The van der Waals surface area contributed by atoms with Crippen molar-refractivity contribution in [2.45, 2.75) is 77.7 Å². The minimum Gasteiger partial charge on any atom is -0.440 e. The van der Waals surface area contributed by atoms with E-state index in [1.54, 1.807) is 6.92 Å². The molecule has 0 spiro atoms. The summed E-state index contributed by atoms with van der Waals surface area (Å²) in [6.07, 6.45) is 8.71. The second-order valence-corrected chi connectivity index (χ2v) is 12.1. The van der Waals surface area contributed by atoms with Crippen LogP contribution in [0.3, 0.4) is 0 Å². The van der Waals surface area contributed by atoms with E-state index in [1.165, 1.54) is 16.8 Å². The number of amides is 1. The molecule has 3 heterocycles. The summed E-state index contributed by atoms with van der Waals surface area (Å²) in [5.74, 6) is -0.477. The fourth-order valence-corrected chi connectivity index (χ4v) is 7.19. The third kappa shape index (κ3) is 4.95. The van der Waals surface area contributed by atoms with E-state index in [-0.39, 0.29) is 11.9 Å². The van der Waals surface area contributed by atoms with Crippen LogP contribution in [0.2, 0.25) is 0 Å². The minimum absolute atomic E-state index is 0.147. The standard InChI is InChI=1S/C36H43N3O3/c1-4-6-18-38(19-7-5-2)29-16-17-32(33(24-29)37-25(3)40)36(31-15-9-8-14-30(31)35(41)42-36)28-22-26-12-10-20-39-21-11-13-27(23-28)34(26)39/h8-9,14-17,22-24H,4-7,10-13,18-21H2,1-3H3,(H,37,40). The van der Waals surface area contributed by atoms with Crippen LogP contribution < -0.4 is 15.1 Å². The molecule has 6 nitrogen and oxygen atoms in total. The normalized spacial score (nSPS) is 18.7. The van der Waals surface area contributed by atoms with Gasteiger partial charge >= 0.3 is 5.97 Å². The van der Waals surface area contributed by atoms with Crippen LogP contribution in [0.1, 0.15) is 97.5 Å². The Balaban J connectivity index is 1.57. The predicted octanol–water partition coefficient (Wildman–Crippen LogP) is 7.21. The van der Waals surface area contributed by atoms with Gasteiger partial charge in [-0.1, -0.05) is 51.0 Å². The molecule has 3 aromatic rings. The van der Waals surface area contributed by atoms with Crippen molar-refractivity contribution < 1.29 is 14.3 Å². The van der Waals surface area contributed by atoms with Gasteiger partial charge in [-0.3, -0.25) is 4.79 Å². The smallest absolute Gasteiger partial charge is 0.340 e. The van der Waals surface area contributed by atoms with E-state index in [4.69, 9.17) is 4.74 Å². The SMILES string of the molecule is CCCCN(CCCC)c1ccc(C2(c3cc4c5c(c3)CCCN5CCC4)OC(=O)c3ccccc32)c(NC(C)=O)c1. The largest absolute Gasteiger partial charge is 0.440 e. The molecule has 42 heavy (non-hydrogen) atoms. The first-order chi connectivity index (χ1) is 20.5. The van der Waals surface area contributed by atoms with E-state index in [0.717, 1.165) is 99.9 Å². The molecule has 1 N–H and O–H groups in total. The van der Waals surface area contributed by atoms with E-state index in [0.29, 0.717) is 11.3 Å². The molecular weight excluding hydrogens is 522 g/mol. The fraction of sp³-hybridized carbons (Fsp3) is 0.444. The van der Waals surface area contributed by atoms with Crippen LogP contribution in [0.5, 0.6) is 0 Å². The zero-order valence-corrected chi connectivity index (χ0v) is 25.3. The first-order valence-corrected chi connectivity index (χ1v) is 15.9. The molecule has 3 aliphatic heterocycles. The number of cyclic esters (lactones) is 1. The lowest BCUT2D eigenvalue weighted by molar-refractivity contribution is -0.114. The Kier molecular flexibility index (Phi) is 7.98. The maximum absolute atomic E-state index is 13.6. The molecule has 3 aliphatic rings. The molecule has 6 heteroatoms. The van der Waals surface area contributed by atoms with Gasteiger partial charge in [-0.25, -0.2) is 4.79 Å². The van der Waals surface area contributed by atoms with Crippen LogP contribution in [-0.4, -0.2) is 38.1 Å². The molecule has 1 atom stereocenters. The quantitative estimate of drug-likeness (QED) is 0.263. The van der Waals surface area contributed by atoms with Crippen LogP contribution in [0.15, 0.2) is 54.6 Å². The fourth-order valence-electron chi connectivity index (χ4n) is 7.19. The lowest BCUT2D eigenvalue weighted by Crippen LogP contribution is -2.36. The Morgan fingerprint density at radius 1 is 0.929 bits per heavy atom. The van der Waals surface area contributed by atoms with Crippen molar-refractivity contribution in [1.82, 2.24) is 0 Å². The van der Waals surface area contributed by atoms with Crippen LogP contribution in [0, 0.1) is 0 Å². The van der Waals surface area contributed by atoms with Gasteiger partial charge in [-0.15, -0.1) is 0 Å². The maximum Gasteiger partial charge on any atom is 0.340 e. The number of nitrogens with zero attached hydrogens (tertiary/aromatic N) is 2. The van der Waals surface area contributed by atoms with Gasteiger partial charge in [-0.2, -0.15) is 0 Å². The van der Waals surface area contributed by atoms with Gasteiger partial charge in [0.25, 0.3) is 0 Å². The molecule has 6 rings (SSSR count). The summed E-state index contributed by atoms with van der Waals surface area (Å²) in [5, 5.41) is 3.14. The van der Waals surface area contributed by atoms with Gasteiger partial charge < -0.3 is 19.9 Å². The van der Waals surface area contributed by atoms with Crippen molar-refractivity contribution in [2.75, 3.05) is 41.3 Å². The van der Waals surface area contributed by atoms with Crippen LogP contribution in [0.25, 0.3) is 0 Å². The zero-order chi connectivity index (χ0) is 29.3. The Hall–Kier alpha value is -3.80. The number of unbranched alkanes of at least 4 members (excludes halogenated alkanes) is 2. The van der Waals surface area contributed by atoms with E-state index in [9.17, 15) is 9.59 Å². The van der Waals surface area contributed by atoms with E-state index >= 15 is 0 Å².